The molecule has 1 unspecified atom stereocenters. The van der Waals surface area contributed by atoms with Gasteiger partial charge in [-0.25, -0.2) is 4.39 Å². The van der Waals surface area contributed by atoms with E-state index in [4.69, 9.17) is 22.1 Å². The molecule has 5 nitrogen and oxygen atoms in total. The second-order valence-electron chi connectivity index (χ2n) is 4.37. The lowest BCUT2D eigenvalue weighted by atomic mass is 9.99. The molecule has 0 spiro atoms. The minimum atomic E-state index is -5.20. The number of aliphatic hydroxyl groups excluding tert-OH is 1. The second-order valence-corrected chi connectivity index (χ2v) is 4.76. The van der Waals surface area contributed by atoms with Crippen LogP contribution in [-0.4, -0.2) is 39.2 Å². The van der Waals surface area contributed by atoms with Gasteiger partial charge in [0.15, 0.2) is 11.0 Å². The minimum absolute atomic E-state index is 0.396. The highest BCUT2D eigenvalue weighted by molar-refractivity contribution is 7.71. The van der Waals surface area contributed by atoms with Gasteiger partial charge in [0.1, 0.15) is 0 Å². The van der Waals surface area contributed by atoms with E-state index >= 15 is 0 Å². The number of ether oxygens (including phenoxy) is 1. The van der Waals surface area contributed by atoms with Crippen molar-refractivity contribution in [1.82, 2.24) is 9.55 Å². The Hall–Kier alpha value is -1.26. The van der Waals surface area contributed by atoms with Gasteiger partial charge < -0.3 is 9.84 Å². The van der Waals surface area contributed by atoms with E-state index in [2.05, 4.69) is 4.98 Å². The molecule has 1 aromatic rings. The number of nitrogens with one attached hydrogen (secondary N) is 1. The average molecular weight is 314 g/mol. The smallest absolute Gasteiger partial charge is 0.394 e. The van der Waals surface area contributed by atoms with Gasteiger partial charge in [0.2, 0.25) is 0 Å². The van der Waals surface area contributed by atoms with Gasteiger partial charge in [-0.2, -0.15) is 13.2 Å². The molecule has 0 amide bonds. The third-order valence-corrected chi connectivity index (χ3v) is 3.33. The minimum Gasteiger partial charge on any atom is -0.394 e. The van der Waals surface area contributed by atoms with Crippen molar-refractivity contribution < 1.29 is 27.4 Å². The lowest BCUT2D eigenvalue weighted by molar-refractivity contribution is -0.256. The van der Waals surface area contributed by atoms with Crippen LogP contribution in [0.4, 0.5) is 17.6 Å². The number of alkyl halides is 4. The molecule has 1 fully saturated rings. The molecule has 2 N–H and O–H groups in total. The molecule has 0 radical (unpaired) electrons. The first kappa shape index (κ1) is 15.1. The van der Waals surface area contributed by atoms with Gasteiger partial charge in [0.05, 0.1) is 12.7 Å². The third kappa shape index (κ3) is 2.38. The predicted octanol–water partition coefficient (Wildman–Crippen LogP) is 1.46. The van der Waals surface area contributed by atoms with E-state index in [0.717, 1.165) is 12.3 Å². The van der Waals surface area contributed by atoms with Crippen LogP contribution >= 0.6 is 12.2 Å². The molecule has 1 aliphatic heterocycles. The zero-order valence-corrected chi connectivity index (χ0v) is 10.7. The molecular formula is C10H10F4N2O3S. The fourth-order valence-corrected chi connectivity index (χ4v) is 2.29. The summed E-state index contributed by atoms with van der Waals surface area (Å²) in [6, 6.07) is 0.905. The summed E-state index contributed by atoms with van der Waals surface area (Å²) < 4.78 is 58.4. The quantitative estimate of drug-likeness (QED) is 0.640. The van der Waals surface area contributed by atoms with Crippen LogP contribution in [0.3, 0.4) is 0 Å². The molecule has 3 atom stereocenters. The molecule has 0 aromatic carbocycles. The maximum absolute atomic E-state index is 14.4. The molecule has 1 aromatic heterocycles. The molecule has 10 heteroatoms. The van der Waals surface area contributed by atoms with E-state index in [1.807, 2.05) is 0 Å². The number of hydrogen-bond acceptors (Lipinski definition) is 4. The van der Waals surface area contributed by atoms with Crippen LogP contribution in [0.25, 0.3) is 0 Å². The van der Waals surface area contributed by atoms with Gasteiger partial charge in [-0.05, 0) is 12.2 Å². The first-order valence-electron chi connectivity index (χ1n) is 5.52. The summed E-state index contributed by atoms with van der Waals surface area (Å²) in [4.78, 5) is 13.1. The van der Waals surface area contributed by atoms with E-state index in [1.165, 1.54) is 0 Å². The molecule has 112 valence electrons. The van der Waals surface area contributed by atoms with Gasteiger partial charge in [0, 0.05) is 18.7 Å². The maximum Gasteiger partial charge on any atom is 0.427 e. The van der Waals surface area contributed by atoms with Crippen LogP contribution < -0.4 is 5.56 Å². The highest BCUT2D eigenvalue weighted by Gasteiger charge is 2.67. The Morgan fingerprint density at radius 2 is 2.25 bits per heavy atom. The molecule has 0 saturated carbocycles. The summed E-state index contributed by atoms with van der Waals surface area (Å²) in [6.07, 6.45) is -8.72. The Morgan fingerprint density at radius 3 is 2.75 bits per heavy atom. The van der Waals surface area contributed by atoms with E-state index in [0.29, 0.717) is 4.57 Å². The van der Waals surface area contributed by atoms with Crippen LogP contribution in [0.5, 0.6) is 0 Å². The molecular weight excluding hydrogens is 304 g/mol. The number of nitrogens with zero attached hydrogens (tertiary/aromatic N) is 1. The lowest BCUT2D eigenvalue weighted by Crippen LogP contribution is -2.45. The number of rotatable bonds is 2. The maximum atomic E-state index is 14.4. The van der Waals surface area contributed by atoms with Crippen LogP contribution in [0.1, 0.15) is 12.6 Å². The zero-order valence-electron chi connectivity index (χ0n) is 9.85. The molecule has 20 heavy (non-hydrogen) atoms. The number of aromatic nitrogens is 2. The number of halogens is 4. The first-order valence-corrected chi connectivity index (χ1v) is 5.93. The van der Waals surface area contributed by atoms with Crippen LogP contribution in [-0.2, 0) is 4.74 Å². The summed E-state index contributed by atoms with van der Waals surface area (Å²) in [6.45, 7) is -0.755. The van der Waals surface area contributed by atoms with Crippen LogP contribution in [0.15, 0.2) is 17.1 Å². The fraction of sp³-hybridized carbons (Fsp3) is 0.600. The van der Waals surface area contributed by atoms with Crippen molar-refractivity contribution in [2.24, 2.45) is 0 Å². The topological polar surface area (TPSA) is 67.2 Å². The molecule has 0 bridgehead atoms. The Morgan fingerprint density at radius 1 is 1.60 bits per heavy atom. The Kier molecular flexibility index (Phi) is 3.73. The highest BCUT2D eigenvalue weighted by Crippen LogP contribution is 2.51. The number of aromatic amines is 1. The number of H-pyrrole nitrogens is 1. The fourth-order valence-electron chi connectivity index (χ4n) is 2.03. The summed E-state index contributed by atoms with van der Waals surface area (Å²) in [7, 11) is 0. The largest absolute Gasteiger partial charge is 0.427 e. The van der Waals surface area contributed by atoms with E-state index in [-0.39, 0.29) is 0 Å². The molecule has 1 saturated heterocycles. The van der Waals surface area contributed by atoms with Gasteiger partial charge in [0.25, 0.3) is 11.2 Å². The Balaban J connectivity index is 2.52. The Labute approximate surface area is 114 Å². The summed E-state index contributed by atoms with van der Waals surface area (Å²) in [5.74, 6) is 0. The third-order valence-electron chi connectivity index (χ3n) is 3.02. The van der Waals surface area contributed by atoms with Crippen molar-refractivity contribution in [1.29, 1.82) is 0 Å². The first-order chi connectivity index (χ1) is 9.19. The zero-order chi connectivity index (χ0) is 15.1. The van der Waals surface area contributed by atoms with E-state index < -0.39 is 47.5 Å². The predicted molar refractivity (Wildman–Crippen MR) is 61.4 cm³/mol. The van der Waals surface area contributed by atoms with Crippen molar-refractivity contribution in [2.75, 3.05) is 6.61 Å². The van der Waals surface area contributed by atoms with E-state index in [9.17, 15) is 22.4 Å². The average Bonchev–Trinajstić information content (AvgIpc) is 2.67. The SMILES string of the molecule is O=c1ccn([C@@H]2O[C@H](CO)CC2(F)C(F)(F)F)c(=S)[nH]1. The molecule has 2 heterocycles. The van der Waals surface area contributed by atoms with Gasteiger partial charge in [-0.1, -0.05) is 0 Å². The van der Waals surface area contributed by atoms with Crippen molar-refractivity contribution in [2.45, 2.75) is 30.6 Å². The number of hydrogen-bond donors (Lipinski definition) is 2. The van der Waals surface area contributed by atoms with Crippen molar-refractivity contribution >= 4 is 12.2 Å². The van der Waals surface area contributed by atoms with Crippen LogP contribution in [0, 0.1) is 4.77 Å². The summed E-state index contributed by atoms with van der Waals surface area (Å²) >= 11 is 4.71. The van der Waals surface area contributed by atoms with Gasteiger partial charge in [-0.3, -0.25) is 14.3 Å². The van der Waals surface area contributed by atoms with Crippen molar-refractivity contribution in [3.05, 3.63) is 27.4 Å². The van der Waals surface area contributed by atoms with Crippen molar-refractivity contribution in [3.63, 3.8) is 0 Å². The van der Waals surface area contributed by atoms with Crippen LogP contribution in [0.2, 0.25) is 0 Å². The van der Waals surface area contributed by atoms with Gasteiger partial charge in [-0.15, -0.1) is 0 Å². The summed E-state index contributed by atoms with van der Waals surface area (Å²) in [5, 5.41) is 8.89. The lowest BCUT2D eigenvalue weighted by Gasteiger charge is -2.29. The normalized spacial score (nSPS) is 30.6. The van der Waals surface area contributed by atoms with Crippen molar-refractivity contribution in [3.8, 4) is 0 Å². The molecule has 0 aliphatic carbocycles. The highest BCUT2D eigenvalue weighted by atomic mass is 32.1. The molecule has 1 aliphatic rings. The summed E-state index contributed by atoms with van der Waals surface area (Å²) in [5.41, 5.74) is -4.32. The number of aliphatic hydroxyl groups is 1. The second kappa shape index (κ2) is 4.93. The van der Waals surface area contributed by atoms with Gasteiger partial charge >= 0.3 is 6.18 Å². The van der Waals surface area contributed by atoms with E-state index in [1.54, 1.807) is 0 Å². The standard InChI is InChI=1S/C10H10F4N2O3S/c11-9(10(12,13)14)3-5(4-17)19-7(9)16-2-1-6(18)15-8(16)20/h1-2,5,7,17H,3-4H2,(H,15,18,20)/t5-,7+,9?/m0/s1. The monoisotopic (exact) mass is 314 g/mol. The molecule has 2 rings (SSSR count). The Bertz CT molecular complexity index is 614.